The van der Waals surface area contributed by atoms with Crippen molar-refractivity contribution >= 4 is 23.1 Å². The Morgan fingerprint density at radius 3 is 2.55 bits per heavy atom. The lowest BCUT2D eigenvalue weighted by molar-refractivity contribution is -0.394. The van der Waals surface area contributed by atoms with Crippen LogP contribution in [0.25, 0.3) is 0 Å². The van der Waals surface area contributed by atoms with Crippen LogP contribution in [0, 0.1) is 31.6 Å². The molecular formula is C11H8N4O7. The Bertz CT molecular complexity index is 692. The molecule has 0 atom stereocenters. The van der Waals surface area contributed by atoms with Gasteiger partial charge in [-0.15, -0.1) is 0 Å². The fourth-order valence-electron chi connectivity index (χ4n) is 1.24. The van der Waals surface area contributed by atoms with Gasteiger partial charge in [-0.25, -0.2) is 4.79 Å². The van der Waals surface area contributed by atoms with Crippen molar-refractivity contribution in [3.05, 3.63) is 38.4 Å². The number of hydrogen-bond acceptors (Lipinski definition) is 9. The monoisotopic (exact) mass is 308 g/mol. The number of carbonyl (C=O) groups is 1. The third kappa shape index (κ3) is 3.97. The van der Waals surface area contributed by atoms with E-state index in [-0.39, 0.29) is 6.61 Å². The number of non-ortho nitro benzene ring substituents is 1. The predicted molar refractivity (Wildman–Crippen MR) is 70.1 cm³/mol. The highest BCUT2D eigenvalue weighted by Gasteiger charge is 2.22. The van der Waals surface area contributed by atoms with E-state index < -0.39 is 38.7 Å². The molecule has 0 fully saturated rings. The van der Waals surface area contributed by atoms with Crippen molar-refractivity contribution in [2.75, 3.05) is 6.61 Å². The third-order valence-corrected chi connectivity index (χ3v) is 2.16. The molecule has 0 heterocycles. The molecule has 0 aromatic heterocycles. The Labute approximate surface area is 122 Å². The van der Waals surface area contributed by atoms with Crippen LogP contribution in [0.3, 0.4) is 0 Å². The molecule has 0 unspecified atom stereocenters. The molecular weight excluding hydrogens is 300 g/mol. The third-order valence-electron chi connectivity index (χ3n) is 2.16. The molecule has 1 aromatic rings. The number of nitrogens with zero attached hydrogens (tertiary/aromatic N) is 4. The SMILES string of the molecule is CCOC(=O)/C(C#N)=N/Oc1ccc([N+](=O)[O-])cc1[N+](=O)[O-]. The first-order valence-corrected chi connectivity index (χ1v) is 5.65. The van der Waals surface area contributed by atoms with Crippen LogP contribution < -0.4 is 4.84 Å². The molecule has 114 valence electrons. The van der Waals surface area contributed by atoms with Crippen molar-refractivity contribution in [3.63, 3.8) is 0 Å². The van der Waals surface area contributed by atoms with Gasteiger partial charge in [-0.1, -0.05) is 5.16 Å². The van der Waals surface area contributed by atoms with Crippen LogP contribution in [0.4, 0.5) is 11.4 Å². The number of ether oxygens (including phenoxy) is 1. The molecule has 0 spiro atoms. The van der Waals surface area contributed by atoms with E-state index in [2.05, 4.69) is 14.7 Å². The van der Waals surface area contributed by atoms with Crippen molar-refractivity contribution in [3.8, 4) is 11.8 Å². The molecule has 0 radical (unpaired) electrons. The summed E-state index contributed by atoms with van der Waals surface area (Å²) in [6.45, 7) is 1.51. The molecule has 11 heteroatoms. The first kappa shape index (κ1) is 16.5. The van der Waals surface area contributed by atoms with Crippen molar-refractivity contribution in [2.24, 2.45) is 5.16 Å². The quantitative estimate of drug-likeness (QED) is 0.329. The van der Waals surface area contributed by atoms with Crippen molar-refractivity contribution < 1.29 is 24.2 Å². The van der Waals surface area contributed by atoms with E-state index in [1.54, 1.807) is 0 Å². The number of esters is 1. The van der Waals surface area contributed by atoms with Gasteiger partial charge < -0.3 is 9.57 Å². The molecule has 22 heavy (non-hydrogen) atoms. The molecule has 0 amide bonds. The van der Waals surface area contributed by atoms with Gasteiger partial charge in [0.1, 0.15) is 6.07 Å². The van der Waals surface area contributed by atoms with Gasteiger partial charge >= 0.3 is 11.7 Å². The summed E-state index contributed by atoms with van der Waals surface area (Å²) in [5, 5.41) is 33.3. The van der Waals surface area contributed by atoms with Crippen LogP contribution in [-0.4, -0.2) is 28.1 Å². The highest BCUT2D eigenvalue weighted by Crippen LogP contribution is 2.31. The van der Waals surface area contributed by atoms with Gasteiger partial charge in [-0.3, -0.25) is 20.2 Å². The minimum Gasteiger partial charge on any atom is -0.461 e. The van der Waals surface area contributed by atoms with Gasteiger partial charge in [0.05, 0.1) is 22.5 Å². The van der Waals surface area contributed by atoms with E-state index in [0.717, 1.165) is 12.1 Å². The molecule has 1 aromatic carbocycles. The minimum absolute atomic E-state index is 0.00277. The largest absolute Gasteiger partial charge is 0.461 e. The lowest BCUT2D eigenvalue weighted by atomic mass is 10.2. The van der Waals surface area contributed by atoms with Crippen LogP contribution in [0.1, 0.15) is 6.92 Å². The number of carbonyl (C=O) groups excluding carboxylic acids is 1. The average Bonchev–Trinajstić information content (AvgIpc) is 2.47. The zero-order valence-corrected chi connectivity index (χ0v) is 11.1. The normalized spacial score (nSPS) is 10.5. The van der Waals surface area contributed by atoms with Gasteiger partial charge in [-0.05, 0) is 13.0 Å². The van der Waals surface area contributed by atoms with Crippen LogP contribution >= 0.6 is 0 Å². The van der Waals surface area contributed by atoms with Gasteiger partial charge in [0.25, 0.3) is 11.4 Å². The Balaban J connectivity index is 3.12. The Kier molecular flexibility index (Phi) is 5.47. The van der Waals surface area contributed by atoms with Gasteiger partial charge in [-0.2, -0.15) is 5.26 Å². The van der Waals surface area contributed by atoms with Crippen LogP contribution in [0.15, 0.2) is 23.4 Å². The van der Waals surface area contributed by atoms with Crippen LogP contribution in [0.5, 0.6) is 5.75 Å². The lowest BCUT2D eigenvalue weighted by Crippen LogP contribution is -2.16. The molecule has 0 aliphatic heterocycles. The molecule has 0 aliphatic carbocycles. The number of rotatable bonds is 6. The summed E-state index contributed by atoms with van der Waals surface area (Å²) in [7, 11) is 0. The van der Waals surface area contributed by atoms with Crippen molar-refractivity contribution in [1.82, 2.24) is 0 Å². The molecule has 0 saturated heterocycles. The van der Waals surface area contributed by atoms with E-state index in [1.165, 1.54) is 13.0 Å². The summed E-state index contributed by atoms with van der Waals surface area (Å²) in [6, 6.07) is 3.96. The van der Waals surface area contributed by atoms with E-state index in [9.17, 15) is 25.0 Å². The van der Waals surface area contributed by atoms with E-state index in [0.29, 0.717) is 6.07 Å². The maximum absolute atomic E-state index is 11.3. The number of hydrogen-bond donors (Lipinski definition) is 0. The highest BCUT2D eigenvalue weighted by molar-refractivity contribution is 6.42. The van der Waals surface area contributed by atoms with Gasteiger partial charge in [0.15, 0.2) is 0 Å². The lowest BCUT2D eigenvalue weighted by Gasteiger charge is -2.01. The van der Waals surface area contributed by atoms with Crippen LogP contribution in [-0.2, 0) is 9.53 Å². The molecule has 0 N–H and O–H groups in total. The second kappa shape index (κ2) is 7.29. The Morgan fingerprint density at radius 1 is 1.36 bits per heavy atom. The van der Waals surface area contributed by atoms with Gasteiger partial charge in [0.2, 0.25) is 5.75 Å². The fraction of sp³-hybridized carbons (Fsp3) is 0.182. The predicted octanol–water partition coefficient (Wildman–Crippen LogP) is 1.32. The van der Waals surface area contributed by atoms with E-state index in [1.807, 2.05) is 0 Å². The summed E-state index contributed by atoms with van der Waals surface area (Å²) in [4.78, 5) is 35.6. The number of benzene rings is 1. The standard InChI is InChI=1S/C11H8N4O7/c1-2-21-11(16)8(6-12)13-22-10-4-3-7(14(17)18)5-9(10)15(19)20/h3-5H,2H2,1H3/b13-8+. The Hall–Kier alpha value is -3.55. The second-order valence-corrected chi connectivity index (χ2v) is 3.53. The smallest absolute Gasteiger partial charge is 0.371 e. The van der Waals surface area contributed by atoms with E-state index >= 15 is 0 Å². The summed E-state index contributed by atoms with van der Waals surface area (Å²) in [6.07, 6.45) is 0. The number of nitriles is 1. The van der Waals surface area contributed by atoms with Crippen molar-refractivity contribution in [2.45, 2.75) is 6.92 Å². The molecule has 0 saturated carbocycles. The zero-order chi connectivity index (χ0) is 16.7. The topological polar surface area (TPSA) is 158 Å². The number of nitro groups is 2. The molecule has 0 bridgehead atoms. The van der Waals surface area contributed by atoms with E-state index in [4.69, 9.17) is 5.26 Å². The second-order valence-electron chi connectivity index (χ2n) is 3.53. The number of oxime groups is 1. The minimum atomic E-state index is -1.06. The number of nitro benzene ring substituents is 2. The first-order valence-electron chi connectivity index (χ1n) is 5.65. The maximum Gasteiger partial charge on any atom is 0.371 e. The first-order chi connectivity index (χ1) is 10.4. The average molecular weight is 308 g/mol. The molecule has 1 rings (SSSR count). The van der Waals surface area contributed by atoms with Gasteiger partial charge in [0, 0.05) is 6.07 Å². The fourth-order valence-corrected chi connectivity index (χ4v) is 1.24. The van der Waals surface area contributed by atoms with Crippen LogP contribution in [0.2, 0.25) is 0 Å². The Morgan fingerprint density at radius 2 is 2.05 bits per heavy atom. The maximum atomic E-state index is 11.3. The molecule has 0 aliphatic rings. The summed E-state index contributed by atoms with van der Waals surface area (Å²) >= 11 is 0. The highest BCUT2D eigenvalue weighted by atomic mass is 16.7. The zero-order valence-electron chi connectivity index (χ0n) is 11.1. The molecule has 11 nitrogen and oxygen atoms in total. The summed E-state index contributed by atoms with van der Waals surface area (Å²) < 4.78 is 4.52. The van der Waals surface area contributed by atoms with Crippen molar-refractivity contribution in [1.29, 1.82) is 5.26 Å². The summed E-state index contributed by atoms with van der Waals surface area (Å²) in [5.41, 5.74) is -2.01. The summed E-state index contributed by atoms with van der Waals surface area (Å²) in [5.74, 6) is -1.53.